The third-order valence-electron chi connectivity index (χ3n) is 4.27. The second kappa shape index (κ2) is 12.9. The van der Waals surface area contributed by atoms with Crippen molar-refractivity contribution in [3.63, 3.8) is 0 Å². The fraction of sp³-hybridized carbons (Fsp3) is 0.0833. The normalized spacial score (nSPS) is 9.19. The van der Waals surface area contributed by atoms with Gasteiger partial charge in [0.15, 0.2) is 0 Å². The molecule has 0 fully saturated rings. The molecule has 0 saturated carbocycles. The van der Waals surface area contributed by atoms with Crippen LogP contribution < -0.4 is 24.8 Å². The molecular weight excluding hydrogens is 450 g/mol. The molecule has 0 atom stereocenters. The maximum Gasteiger partial charge on any atom is 4.00 e. The van der Waals surface area contributed by atoms with Crippen LogP contribution in [-0.4, -0.2) is 0 Å². The van der Waals surface area contributed by atoms with E-state index in [9.17, 15) is 0 Å². The molecule has 0 amide bonds. The largest absolute Gasteiger partial charge is 4.00 e. The molecule has 4 aromatic carbocycles. The second-order valence-corrected chi connectivity index (χ2v) is 5.88. The average molecular weight is 473 g/mol. The molecule has 0 aliphatic heterocycles. The van der Waals surface area contributed by atoms with Crippen molar-refractivity contribution in [3.8, 4) is 0 Å². The first-order chi connectivity index (χ1) is 11.8. The Labute approximate surface area is 193 Å². The quantitative estimate of drug-likeness (QED) is 0.301. The average Bonchev–Trinajstić information content (AvgIpc) is 3.22. The van der Waals surface area contributed by atoms with Gasteiger partial charge in [-0.2, -0.15) is 12.1 Å². The van der Waals surface area contributed by atoms with Gasteiger partial charge in [-0.25, -0.2) is 0 Å². The Bertz CT molecular complexity index is 883. The monoisotopic (exact) mass is 470 g/mol. The summed E-state index contributed by atoms with van der Waals surface area (Å²) in [6, 6.07) is 25.6. The van der Waals surface area contributed by atoms with Crippen molar-refractivity contribution in [1.82, 2.24) is 0 Å². The SMILES string of the molecule is C=CC[c-]1ccc2ccccc21.C=CC[c-]1ccc2ccccc21.[Cl-].[Cl-].[Zr+4]. The smallest absolute Gasteiger partial charge is 1.00 e. The molecule has 4 aromatic rings. The van der Waals surface area contributed by atoms with E-state index < -0.39 is 0 Å². The number of allylic oxidation sites excluding steroid dienone is 2. The summed E-state index contributed by atoms with van der Waals surface area (Å²) in [6.45, 7) is 7.48. The summed E-state index contributed by atoms with van der Waals surface area (Å²) >= 11 is 0. The van der Waals surface area contributed by atoms with Crippen LogP contribution in [0.3, 0.4) is 0 Å². The van der Waals surface area contributed by atoms with Gasteiger partial charge in [0.05, 0.1) is 0 Å². The predicted molar refractivity (Wildman–Crippen MR) is 107 cm³/mol. The van der Waals surface area contributed by atoms with Crippen LogP contribution in [0.5, 0.6) is 0 Å². The van der Waals surface area contributed by atoms with Gasteiger partial charge in [-0.05, 0) is 12.8 Å². The van der Waals surface area contributed by atoms with Gasteiger partial charge in [0.2, 0.25) is 0 Å². The first-order valence-corrected chi connectivity index (χ1v) is 8.32. The van der Waals surface area contributed by atoms with Gasteiger partial charge in [-0.1, -0.05) is 24.3 Å². The fourth-order valence-electron chi connectivity index (χ4n) is 3.10. The van der Waals surface area contributed by atoms with Crippen LogP contribution in [0.1, 0.15) is 11.1 Å². The number of halogens is 2. The molecule has 0 spiro atoms. The summed E-state index contributed by atoms with van der Waals surface area (Å²) in [7, 11) is 0. The predicted octanol–water partition coefficient (Wildman–Crippen LogP) is 0.580. The standard InChI is InChI=1S/2C12H11.2ClH.Zr/c2*1-2-5-10-8-9-11-6-3-4-7-12(10)11;;;/h2*2-4,6-9H,1,5H2;2*1H;/q2*-1;;;+4/p-2. The van der Waals surface area contributed by atoms with Gasteiger partial charge in [0, 0.05) is 0 Å². The maximum absolute atomic E-state index is 3.74. The summed E-state index contributed by atoms with van der Waals surface area (Å²) < 4.78 is 0. The summed E-state index contributed by atoms with van der Waals surface area (Å²) in [4.78, 5) is 0. The van der Waals surface area contributed by atoms with Crippen molar-refractivity contribution in [2.75, 3.05) is 0 Å². The van der Waals surface area contributed by atoms with Crippen LogP contribution in [-0.2, 0) is 39.0 Å². The number of rotatable bonds is 4. The first-order valence-electron chi connectivity index (χ1n) is 8.32. The van der Waals surface area contributed by atoms with Crippen LogP contribution in [0.15, 0.2) is 98.1 Å². The van der Waals surface area contributed by atoms with E-state index in [-0.39, 0.29) is 51.0 Å². The van der Waals surface area contributed by atoms with Crippen LogP contribution in [0.2, 0.25) is 0 Å². The van der Waals surface area contributed by atoms with Crippen molar-refractivity contribution < 1.29 is 51.0 Å². The van der Waals surface area contributed by atoms with Crippen molar-refractivity contribution >= 4 is 21.5 Å². The molecule has 0 radical (unpaired) electrons. The van der Waals surface area contributed by atoms with E-state index in [2.05, 4.69) is 86.0 Å². The van der Waals surface area contributed by atoms with Crippen LogP contribution in [0, 0.1) is 0 Å². The van der Waals surface area contributed by atoms with Gasteiger partial charge >= 0.3 is 26.2 Å². The number of hydrogen-bond acceptors (Lipinski definition) is 0. The summed E-state index contributed by atoms with van der Waals surface area (Å²) in [5, 5.41) is 5.37. The topological polar surface area (TPSA) is 0 Å². The number of hydrogen-bond donors (Lipinski definition) is 0. The zero-order chi connectivity index (χ0) is 16.8. The first kappa shape index (κ1) is 25.6. The zero-order valence-electron chi connectivity index (χ0n) is 15.2. The van der Waals surface area contributed by atoms with Crippen molar-refractivity contribution in [2.24, 2.45) is 0 Å². The second-order valence-electron chi connectivity index (χ2n) is 5.88. The summed E-state index contributed by atoms with van der Waals surface area (Å²) in [5.41, 5.74) is 2.75. The third-order valence-corrected chi connectivity index (χ3v) is 4.27. The molecule has 0 unspecified atom stereocenters. The molecule has 3 heteroatoms. The van der Waals surface area contributed by atoms with E-state index in [1.165, 1.54) is 32.7 Å². The van der Waals surface area contributed by atoms with E-state index in [0.717, 1.165) is 12.8 Å². The van der Waals surface area contributed by atoms with Crippen molar-refractivity contribution in [3.05, 3.63) is 109 Å². The minimum absolute atomic E-state index is 0. The molecule has 0 aliphatic rings. The van der Waals surface area contributed by atoms with E-state index in [0.29, 0.717) is 0 Å². The Hall–Kier alpha value is -1.40. The fourth-order valence-corrected chi connectivity index (χ4v) is 3.10. The van der Waals surface area contributed by atoms with Crippen LogP contribution in [0.4, 0.5) is 0 Å². The Morgan fingerprint density at radius 1 is 0.630 bits per heavy atom. The Kier molecular flexibility index (Phi) is 12.2. The zero-order valence-corrected chi connectivity index (χ0v) is 19.1. The minimum Gasteiger partial charge on any atom is -1.00 e. The van der Waals surface area contributed by atoms with Crippen molar-refractivity contribution in [1.29, 1.82) is 0 Å². The van der Waals surface area contributed by atoms with Crippen molar-refractivity contribution in [2.45, 2.75) is 12.8 Å². The van der Waals surface area contributed by atoms with E-state index >= 15 is 0 Å². The van der Waals surface area contributed by atoms with E-state index in [4.69, 9.17) is 0 Å². The molecular formula is C24H22Cl2Zr. The molecule has 0 aromatic heterocycles. The molecule has 0 heterocycles. The minimum atomic E-state index is 0. The van der Waals surface area contributed by atoms with Gasteiger partial charge in [-0.15, -0.1) is 94.4 Å². The molecule has 27 heavy (non-hydrogen) atoms. The van der Waals surface area contributed by atoms with Gasteiger partial charge in [0.25, 0.3) is 0 Å². The molecule has 136 valence electrons. The molecule has 0 saturated heterocycles. The summed E-state index contributed by atoms with van der Waals surface area (Å²) in [6.07, 6.45) is 5.82. The van der Waals surface area contributed by atoms with Gasteiger partial charge in [0.1, 0.15) is 0 Å². The Balaban J connectivity index is 0.000000451. The van der Waals surface area contributed by atoms with Crippen LogP contribution >= 0.6 is 0 Å². The molecule has 0 bridgehead atoms. The van der Waals surface area contributed by atoms with E-state index in [1.54, 1.807) is 0 Å². The van der Waals surface area contributed by atoms with Gasteiger partial charge in [-0.3, -0.25) is 0 Å². The maximum atomic E-state index is 3.74. The van der Waals surface area contributed by atoms with E-state index in [1.807, 2.05) is 12.2 Å². The Morgan fingerprint density at radius 2 is 1.00 bits per heavy atom. The number of fused-ring (bicyclic) bond motifs is 2. The molecule has 0 nitrogen and oxygen atoms in total. The number of benzene rings is 2. The summed E-state index contributed by atoms with van der Waals surface area (Å²) in [5.74, 6) is 0. The molecule has 0 N–H and O–H groups in total. The van der Waals surface area contributed by atoms with Crippen LogP contribution in [0.25, 0.3) is 21.5 Å². The molecule has 4 rings (SSSR count). The Morgan fingerprint density at radius 3 is 1.37 bits per heavy atom. The molecule has 0 aliphatic carbocycles. The third kappa shape index (κ3) is 6.32. The van der Waals surface area contributed by atoms with Gasteiger partial charge < -0.3 is 24.8 Å².